The van der Waals surface area contributed by atoms with Crippen LogP contribution in [-0.2, 0) is 11.2 Å². The van der Waals surface area contributed by atoms with Crippen molar-refractivity contribution in [1.29, 1.82) is 0 Å². The first-order chi connectivity index (χ1) is 14.0. The largest absolute Gasteiger partial charge is 0.349 e. The standard InChI is InChI=1S/C22H21FN4OS/c1-14(18-13-24-27(15(18)2)17-9-7-16(23)8-10-17)25-21(28)11-12-22-26-19-5-3-4-6-20(19)29-22/h3-10,13-14H,11-12H2,1-2H3,(H,25,28)/t14-/m1/s1. The minimum atomic E-state index is -0.285. The third kappa shape index (κ3) is 4.19. The molecule has 1 atom stereocenters. The number of amides is 1. The molecule has 0 aliphatic carbocycles. The van der Waals surface area contributed by atoms with Crippen LogP contribution < -0.4 is 5.32 Å². The lowest BCUT2D eigenvalue weighted by atomic mass is 10.1. The van der Waals surface area contributed by atoms with Gasteiger partial charge in [-0.15, -0.1) is 11.3 Å². The molecule has 0 aliphatic rings. The van der Waals surface area contributed by atoms with Crippen LogP contribution in [-0.4, -0.2) is 20.7 Å². The second-order valence-electron chi connectivity index (χ2n) is 6.94. The summed E-state index contributed by atoms with van der Waals surface area (Å²) in [5, 5.41) is 8.40. The molecule has 148 valence electrons. The van der Waals surface area contributed by atoms with E-state index in [1.54, 1.807) is 34.3 Å². The molecule has 0 saturated heterocycles. The third-order valence-electron chi connectivity index (χ3n) is 4.87. The summed E-state index contributed by atoms with van der Waals surface area (Å²) in [7, 11) is 0. The Kier molecular flexibility index (Phi) is 5.40. The average molecular weight is 409 g/mol. The number of hydrogen-bond acceptors (Lipinski definition) is 4. The summed E-state index contributed by atoms with van der Waals surface area (Å²) >= 11 is 1.63. The van der Waals surface area contributed by atoms with E-state index in [9.17, 15) is 9.18 Å². The monoisotopic (exact) mass is 408 g/mol. The Morgan fingerprint density at radius 2 is 1.97 bits per heavy atom. The SMILES string of the molecule is Cc1c([C@@H](C)NC(=O)CCc2nc3ccccc3s2)cnn1-c1ccc(F)cc1. The van der Waals surface area contributed by atoms with Crippen molar-refractivity contribution < 1.29 is 9.18 Å². The maximum Gasteiger partial charge on any atom is 0.220 e. The number of nitrogens with one attached hydrogen (secondary N) is 1. The highest BCUT2D eigenvalue weighted by Crippen LogP contribution is 2.23. The summed E-state index contributed by atoms with van der Waals surface area (Å²) < 4.78 is 16.0. The van der Waals surface area contributed by atoms with Gasteiger partial charge in [-0.25, -0.2) is 14.1 Å². The highest BCUT2D eigenvalue weighted by Gasteiger charge is 2.17. The second kappa shape index (κ2) is 8.13. The maximum atomic E-state index is 13.2. The number of hydrogen-bond donors (Lipinski definition) is 1. The number of carbonyl (C=O) groups excluding carboxylic acids is 1. The van der Waals surface area contributed by atoms with Gasteiger partial charge in [0.2, 0.25) is 5.91 Å². The van der Waals surface area contributed by atoms with E-state index in [2.05, 4.69) is 15.4 Å². The van der Waals surface area contributed by atoms with Crippen LogP contribution >= 0.6 is 11.3 Å². The van der Waals surface area contributed by atoms with Crippen LogP contribution in [0.5, 0.6) is 0 Å². The summed E-state index contributed by atoms with van der Waals surface area (Å²) in [5.74, 6) is -0.307. The zero-order valence-corrected chi connectivity index (χ0v) is 17.0. The lowest BCUT2D eigenvalue weighted by Crippen LogP contribution is -2.27. The van der Waals surface area contributed by atoms with Gasteiger partial charge in [0, 0.05) is 24.1 Å². The highest BCUT2D eigenvalue weighted by molar-refractivity contribution is 7.18. The fourth-order valence-electron chi connectivity index (χ4n) is 3.33. The molecule has 2 aromatic carbocycles. The van der Waals surface area contributed by atoms with Gasteiger partial charge >= 0.3 is 0 Å². The van der Waals surface area contributed by atoms with E-state index >= 15 is 0 Å². The summed E-state index contributed by atoms with van der Waals surface area (Å²) in [6.45, 7) is 3.88. The van der Waals surface area contributed by atoms with Crippen molar-refractivity contribution in [2.45, 2.75) is 32.7 Å². The number of aromatic nitrogens is 3. The van der Waals surface area contributed by atoms with Crippen molar-refractivity contribution in [3.63, 3.8) is 0 Å². The number of benzene rings is 2. The van der Waals surface area contributed by atoms with Crippen LogP contribution in [0, 0.1) is 12.7 Å². The molecule has 0 fully saturated rings. The van der Waals surface area contributed by atoms with Gasteiger partial charge in [0.15, 0.2) is 0 Å². The van der Waals surface area contributed by atoms with Gasteiger partial charge in [-0.1, -0.05) is 12.1 Å². The Morgan fingerprint density at radius 3 is 2.72 bits per heavy atom. The van der Waals surface area contributed by atoms with Crippen molar-refractivity contribution in [3.8, 4) is 5.69 Å². The van der Waals surface area contributed by atoms with E-state index in [-0.39, 0.29) is 17.8 Å². The van der Waals surface area contributed by atoms with Crippen molar-refractivity contribution in [2.24, 2.45) is 0 Å². The van der Waals surface area contributed by atoms with Crippen molar-refractivity contribution in [1.82, 2.24) is 20.1 Å². The van der Waals surface area contributed by atoms with Gasteiger partial charge in [-0.3, -0.25) is 4.79 Å². The molecule has 0 aliphatic heterocycles. The van der Waals surface area contributed by atoms with E-state index in [0.717, 1.165) is 32.2 Å². The number of aryl methyl sites for hydroxylation is 1. The van der Waals surface area contributed by atoms with Crippen LogP contribution in [0.4, 0.5) is 4.39 Å². The lowest BCUT2D eigenvalue weighted by Gasteiger charge is -2.14. The molecule has 1 N–H and O–H groups in total. The Morgan fingerprint density at radius 1 is 1.21 bits per heavy atom. The van der Waals surface area contributed by atoms with Gasteiger partial charge in [0.25, 0.3) is 0 Å². The summed E-state index contributed by atoms with van der Waals surface area (Å²) in [6.07, 6.45) is 2.75. The number of rotatable bonds is 6. The van der Waals surface area contributed by atoms with Gasteiger partial charge in [0.05, 0.1) is 33.2 Å². The smallest absolute Gasteiger partial charge is 0.220 e. The van der Waals surface area contributed by atoms with E-state index in [1.807, 2.05) is 38.1 Å². The van der Waals surface area contributed by atoms with Gasteiger partial charge in [-0.05, 0) is 50.2 Å². The first-order valence-corrected chi connectivity index (χ1v) is 10.3. The van der Waals surface area contributed by atoms with Gasteiger partial charge in [-0.2, -0.15) is 5.10 Å². The topological polar surface area (TPSA) is 59.8 Å². The molecule has 1 amide bonds. The lowest BCUT2D eigenvalue weighted by molar-refractivity contribution is -0.121. The normalized spacial score (nSPS) is 12.2. The molecule has 2 heterocycles. The van der Waals surface area contributed by atoms with E-state index in [1.165, 1.54) is 12.1 Å². The molecule has 0 radical (unpaired) electrons. The summed E-state index contributed by atoms with van der Waals surface area (Å²) in [5.41, 5.74) is 3.60. The number of halogens is 1. The summed E-state index contributed by atoms with van der Waals surface area (Å²) in [4.78, 5) is 17.0. The zero-order chi connectivity index (χ0) is 20.4. The minimum absolute atomic E-state index is 0.0225. The fourth-order valence-corrected chi connectivity index (χ4v) is 4.30. The number of fused-ring (bicyclic) bond motifs is 1. The molecule has 4 rings (SSSR count). The second-order valence-corrected chi connectivity index (χ2v) is 8.05. The van der Waals surface area contributed by atoms with Crippen molar-refractivity contribution >= 4 is 27.5 Å². The van der Waals surface area contributed by atoms with Gasteiger partial charge in [0.1, 0.15) is 5.82 Å². The quantitative estimate of drug-likeness (QED) is 0.501. The molecule has 0 spiro atoms. The van der Waals surface area contributed by atoms with Crippen molar-refractivity contribution in [2.75, 3.05) is 0 Å². The maximum absolute atomic E-state index is 13.2. The molecule has 29 heavy (non-hydrogen) atoms. The number of nitrogens with zero attached hydrogens (tertiary/aromatic N) is 3. The predicted octanol–water partition coefficient (Wildman–Crippen LogP) is 4.74. The van der Waals surface area contributed by atoms with E-state index < -0.39 is 0 Å². The molecular formula is C22H21FN4OS. The number of thiazole rings is 1. The first-order valence-electron chi connectivity index (χ1n) is 9.45. The molecule has 5 nitrogen and oxygen atoms in total. The zero-order valence-electron chi connectivity index (χ0n) is 16.2. The molecule has 0 unspecified atom stereocenters. The molecular weight excluding hydrogens is 387 g/mol. The van der Waals surface area contributed by atoms with E-state index in [0.29, 0.717) is 12.8 Å². The van der Waals surface area contributed by atoms with Crippen LogP contribution in [0.15, 0.2) is 54.7 Å². The van der Waals surface area contributed by atoms with E-state index in [4.69, 9.17) is 0 Å². The van der Waals surface area contributed by atoms with Crippen molar-refractivity contribution in [3.05, 3.63) is 76.8 Å². The highest BCUT2D eigenvalue weighted by atomic mass is 32.1. The predicted molar refractivity (Wildman–Crippen MR) is 113 cm³/mol. The van der Waals surface area contributed by atoms with Crippen LogP contribution in [0.2, 0.25) is 0 Å². The van der Waals surface area contributed by atoms with Gasteiger partial charge < -0.3 is 5.32 Å². The Hall–Kier alpha value is -3.06. The van der Waals surface area contributed by atoms with Crippen LogP contribution in [0.25, 0.3) is 15.9 Å². The number of carbonyl (C=O) groups is 1. The van der Waals surface area contributed by atoms with Crippen LogP contribution in [0.3, 0.4) is 0 Å². The Balaban J connectivity index is 1.39. The molecule has 0 saturated carbocycles. The molecule has 4 aromatic rings. The van der Waals surface area contributed by atoms with Crippen LogP contribution in [0.1, 0.15) is 35.7 Å². The minimum Gasteiger partial charge on any atom is -0.349 e. The first kappa shape index (κ1) is 19.3. The molecule has 7 heteroatoms. The number of para-hydroxylation sites is 1. The molecule has 2 aromatic heterocycles. The Bertz CT molecular complexity index is 1120. The summed E-state index contributed by atoms with van der Waals surface area (Å²) in [6, 6.07) is 14.0. The fraction of sp³-hybridized carbons (Fsp3) is 0.227. The average Bonchev–Trinajstić information content (AvgIpc) is 3.30. The molecule has 0 bridgehead atoms. The third-order valence-corrected chi connectivity index (χ3v) is 5.96. The Labute approximate surface area is 172 Å².